The van der Waals surface area contributed by atoms with E-state index in [1.807, 2.05) is 40.0 Å². The molecule has 1 saturated heterocycles. The summed E-state index contributed by atoms with van der Waals surface area (Å²) in [5.41, 5.74) is 3.68. The average Bonchev–Trinajstić information content (AvgIpc) is 3.08. The van der Waals surface area contributed by atoms with Crippen molar-refractivity contribution in [2.24, 2.45) is 5.92 Å². The van der Waals surface area contributed by atoms with Gasteiger partial charge in [0.1, 0.15) is 5.69 Å². The maximum absolute atomic E-state index is 13.0. The number of carbonyl (C=O) groups excluding carboxylic acids is 1. The van der Waals surface area contributed by atoms with E-state index in [1.165, 1.54) is 12.8 Å². The molecule has 0 atom stereocenters. The molecule has 1 saturated carbocycles. The number of hydrogen-bond acceptors (Lipinski definition) is 2. The van der Waals surface area contributed by atoms with Gasteiger partial charge in [-0.05, 0) is 55.9 Å². The van der Waals surface area contributed by atoms with Crippen LogP contribution in [0.4, 0.5) is 0 Å². The minimum absolute atomic E-state index is 0.143. The molecule has 0 spiro atoms. The van der Waals surface area contributed by atoms with Gasteiger partial charge in [0.05, 0.1) is 16.8 Å². The van der Waals surface area contributed by atoms with E-state index >= 15 is 0 Å². The minimum atomic E-state index is 0.143. The van der Waals surface area contributed by atoms with Crippen molar-refractivity contribution < 1.29 is 4.79 Å². The van der Waals surface area contributed by atoms with Gasteiger partial charge in [-0.3, -0.25) is 9.48 Å². The summed E-state index contributed by atoms with van der Waals surface area (Å²) in [6.07, 6.45) is 8.92. The summed E-state index contributed by atoms with van der Waals surface area (Å²) >= 11 is 0. The van der Waals surface area contributed by atoms with Crippen molar-refractivity contribution >= 4 is 11.4 Å². The Balaban J connectivity index is 1.56. The smallest absolute Gasteiger partial charge is 0.256 e. The third-order valence-electron chi connectivity index (χ3n) is 5.35. The number of likely N-dealkylation sites (tertiary alicyclic amines) is 1. The van der Waals surface area contributed by atoms with E-state index in [2.05, 4.69) is 16.7 Å². The van der Waals surface area contributed by atoms with Crippen molar-refractivity contribution in [2.45, 2.75) is 32.2 Å². The molecule has 25 heavy (non-hydrogen) atoms. The van der Waals surface area contributed by atoms with Crippen LogP contribution in [0.25, 0.3) is 16.9 Å². The van der Waals surface area contributed by atoms with E-state index in [9.17, 15) is 4.79 Å². The van der Waals surface area contributed by atoms with Gasteiger partial charge >= 0.3 is 0 Å². The maximum Gasteiger partial charge on any atom is 0.256 e. The Hall–Kier alpha value is -2.56. The van der Waals surface area contributed by atoms with Gasteiger partial charge < -0.3 is 9.30 Å². The van der Waals surface area contributed by atoms with Crippen LogP contribution in [0.2, 0.25) is 0 Å². The zero-order valence-corrected chi connectivity index (χ0v) is 14.3. The molecule has 0 aromatic carbocycles. The monoisotopic (exact) mass is 334 g/mol. The van der Waals surface area contributed by atoms with Crippen molar-refractivity contribution in [3.05, 3.63) is 48.3 Å². The first-order valence-electron chi connectivity index (χ1n) is 9.23. The van der Waals surface area contributed by atoms with Gasteiger partial charge in [0.25, 0.3) is 5.91 Å². The second-order valence-electron chi connectivity index (χ2n) is 7.26. The third-order valence-corrected chi connectivity index (χ3v) is 5.35. The second-order valence-corrected chi connectivity index (χ2v) is 7.26. The molecule has 5 nitrogen and oxygen atoms in total. The SMILES string of the molecule is O=C(c1cc(-c2ccn(CC3CC3)n2)n2ccccc12)N1CCCC1. The Kier molecular flexibility index (Phi) is 3.40. The van der Waals surface area contributed by atoms with Crippen molar-refractivity contribution in [2.75, 3.05) is 13.1 Å². The largest absolute Gasteiger partial charge is 0.339 e. The van der Waals surface area contributed by atoms with Crippen LogP contribution in [0, 0.1) is 5.92 Å². The lowest BCUT2D eigenvalue weighted by Crippen LogP contribution is -2.27. The first kappa shape index (κ1) is 14.8. The van der Waals surface area contributed by atoms with Crippen LogP contribution in [0.15, 0.2) is 42.7 Å². The van der Waals surface area contributed by atoms with Crippen molar-refractivity contribution in [1.82, 2.24) is 19.1 Å². The van der Waals surface area contributed by atoms with Gasteiger partial charge in [-0.15, -0.1) is 0 Å². The van der Waals surface area contributed by atoms with Crippen molar-refractivity contribution in [3.63, 3.8) is 0 Å². The summed E-state index contributed by atoms with van der Waals surface area (Å²) in [5, 5.41) is 4.75. The van der Waals surface area contributed by atoms with Crippen LogP contribution in [0.1, 0.15) is 36.0 Å². The highest BCUT2D eigenvalue weighted by Gasteiger charge is 2.25. The molecular formula is C20H22N4O. The van der Waals surface area contributed by atoms with Crippen LogP contribution < -0.4 is 0 Å². The van der Waals surface area contributed by atoms with E-state index in [-0.39, 0.29) is 5.91 Å². The third kappa shape index (κ3) is 2.64. The number of hydrogen-bond donors (Lipinski definition) is 0. The standard InChI is InChI=1S/C20H22N4O/c25-20(22-9-3-4-10-22)16-13-19(24-11-2-1-5-18(16)24)17-8-12-23(21-17)14-15-6-7-15/h1-2,5,8,11-13,15H,3-4,6-7,9-10,14H2. The molecule has 4 heterocycles. The van der Waals surface area contributed by atoms with Crippen LogP contribution in [-0.2, 0) is 6.54 Å². The molecule has 3 aromatic rings. The molecule has 5 heteroatoms. The van der Waals surface area contributed by atoms with Crippen LogP contribution in [-0.4, -0.2) is 38.1 Å². The molecule has 1 aliphatic heterocycles. The number of nitrogens with zero attached hydrogens (tertiary/aromatic N) is 4. The summed E-state index contributed by atoms with van der Waals surface area (Å²) in [7, 11) is 0. The number of amides is 1. The quantitative estimate of drug-likeness (QED) is 0.733. The molecule has 0 unspecified atom stereocenters. The maximum atomic E-state index is 13.0. The zero-order valence-electron chi connectivity index (χ0n) is 14.3. The Labute approximate surface area is 146 Å². The van der Waals surface area contributed by atoms with Crippen LogP contribution in [0.3, 0.4) is 0 Å². The molecule has 1 aliphatic carbocycles. The molecule has 0 bridgehead atoms. The second kappa shape index (κ2) is 5.76. The Morgan fingerprint density at radius 3 is 2.76 bits per heavy atom. The molecule has 2 fully saturated rings. The Morgan fingerprint density at radius 2 is 1.96 bits per heavy atom. The zero-order chi connectivity index (χ0) is 16.8. The van der Waals surface area contributed by atoms with Gasteiger partial charge in [0.15, 0.2) is 0 Å². The summed E-state index contributed by atoms with van der Waals surface area (Å²) in [6, 6.07) is 10.1. The molecule has 2 aliphatic rings. The molecule has 128 valence electrons. The summed E-state index contributed by atoms with van der Waals surface area (Å²) in [4.78, 5) is 14.9. The lowest BCUT2D eigenvalue weighted by Gasteiger charge is -2.14. The fourth-order valence-electron chi connectivity index (χ4n) is 3.78. The number of fused-ring (bicyclic) bond motifs is 1. The fraction of sp³-hybridized carbons (Fsp3) is 0.400. The molecule has 1 amide bonds. The average molecular weight is 334 g/mol. The van der Waals surface area contributed by atoms with E-state index in [1.54, 1.807) is 0 Å². The molecule has 0 radical (unpaired) electrons. The number of carbonyl (C=O) groups is 1. The molecule has 0 N–H and O–H groups in total. The van der Waals surface area contributed by atoms with Gasteiger partial charge in [-0.25, -0.2) is 0 Å². The summed E-state index contributed by atoms with van der Waals surface area (Å²) in [6.45, 7) is 2.74. The van der Waals surface area contributed by atoms with Gasteiger partial charge in [-0.1, -0.05) is 6.07 Å². The first-order valence-corrected chi connectivity index (χ1v) is 9.23. The predicted molar refractivity (Wildman–Crippen MR) is 96.5 cm³/mol. The fourth-order valence-corrected chi connectivity index (χ4v) is 3.78. The van der Waals surface area contributed by atoms with Crippen LogP contribution >= 0.6 is 0 Å². The number of rotatable bonds is 4. The normalized spacial score (nSPS) is 17.5. The topological polar surface area (TPSA) is 42.5 Å². The summed E-state index contributed by atoms with van der Waals surface area (Å²) < 4.78 is 4.13. The lowest BCUT2D eigenvalue weighted by molar-refractivity contribution is 0.0795. The highest BCUT2D eigenvalue weighted by molar-refractivity contribution is 6.02. The van der Waals surface area contributed by atoms with Gasteiger partial charge in [0, 0.05) is 32.0 Å². The van der Waals surface area contributed by atoms with Crippen molar-refractivity contribution in [3.8, 4) is 11.4 Å². The Morgan fingerprint density at radius 1 is 1.12 bits per heavy atom. The molecule has 3 aromatic heterocycles. The van der Waals surface area contributed by atoms with Gasteiger partial charge in [-0.2, -0.15) is 5.10 Å². The predicted octanol–water partition coefficient (Wildman–Crippen LogP) is 3.45. The van der Waals surface area contributed by atoms with Crippen molar-refractivity contribution in [1.29, 1.82) is 0 Å². The molecular weight excluding hydrogens is 312 g/mol. The lowest BCUT2D eigenvalue weighted by atomic mass is 10.2. The van der Waals surface area contributed by atoms with E-state index in [4.69, 9.17) is 5.10 Å². The van der Waals surface area contributed by atoms with E-state index in [0.717, 1.165) is 60.9 Å². The molecule has 5 rings (SSSR count). The highest BCUT2D eigenvalue weighted by Crippen LogP contribution is 2.31. The number of pyridine rings is 1. The van der Waals surface area contributed by atoms with Gasteiger partial charge in [0.2, 0.25) is 0 Å². The van der Waals surface area contributed by atoms with Crippen LogP contribution in [0.5, 0.6) is 0 Å². The number of aromatic nitrogens is 3. The summed E-state index contributed by atoms with van der Waals surface area (Å²) in [5.74, 6) is 0.939. The highest BCUT2D eigenvalue weighted by atomic mass is 16.2. The Bertz CT molecular complexity index is 928. The first-order chi connectivity index (χ1) is 12.3. The van der Waals surface area contributed by atoms with E-state index < -0.39 is 0 Å². The minimum Gasteiger partial charge on any atom is -0.339 e. The van der Waals surface area contributed by atoms with E-state index in [0.29, 0.717) is 0 Å².